The molecule has 0 saturated heterocycles. The third-order valence-corrected chi connectivity index (χ3v) is 1.72. The van der Waals surface area contributed by atoms with E-state index in [2.05, 4.69) is 6.07 Å². The maximum Gasteiger partial charge on any atom is 0.123 e. The first-order valence-electron chi connectivity index (χ1n) is 3.48. The lowest BCUT2D eigenvalue weighted by molar-refractivity contribution is 0.627. The fourth-order valence-corrected chi connectivity index (χ4v) is 1.05. The minimum Gasteiger partial charge on any atom is -0.207 e. The number of hydrogen-bond donors (Lipinski definition) is 0. The average Bonchev–Trinajstić information content (AvgIpc) is 2.62. The van der Waals surface area contributed by atoms with Crippen LogP contribution in [0.2, 0.25) is 0 Å². The predicted octanol–water partition coefficient (Wildman–Crippen LogP) is 3.37. The van der Waals surface area contributed by atoms with E-state index in [0.29, 0.717) is 0 Å². The smallest absolute Gasteiger partial charge is 0.123 e. The van der Waals surface area contributed by atoms with Crippen LogP contribution in [-0.2, 0) is 0 Å². The molecule has 0 aliphatic rings. The summed E-state index contributed by atoms with van der Waals surface area (Å²) in [5.41, 5.74) is 0. The minimum atomic E-state index is -0.234. The molecular weight excluding hydrogens is 171 g/mol. The van der Waals surface area contributed by atoms with E-state index in [4.69, 9.17) is 0 Å². The Morgan fingerprint density at radius 1 is 1.17 bits per heavy atom. The standard InChI is InChI=1S/C6H4F.C4H4S/c7-6-4-2-1-3-5-6;1-2-4-5-3-1/h1-2,4-5H;1-4H. The molecule has 2 aromatic rings. The zero-order valence-corrected chi connectivity index (χ0v) is 7.22. The SMILES string of the molecule is Fc1c[c]ccc1.c1ccsc1. The van der Waals surface area contributed by atoms with Gasteiger partial charge in [0.2, 0.25) is 0 Å². The Balaban J connectivity index is 0.000000127. The van der Waals surface area contributed by atoms with Gasteiger partial charge in [0, 0.05) is 0 Å². The van der Waals surface area contributed by atoms with E-state index in [0.717, 1.165) is 0 Å². The van der Waals surface area contributed by atoms with Gasteiger partial charge in [0.15, 0.2) is 0 Å². The molecule has 1 radical (unpaired) electrons. The summed E-state index contributed by atoms with van der Waals surface area (Å²) in [6.45, 7) is 0. The molecule has 0 spiro atoms. The van der Waals surface area contributed by atoms with Gasteiger partial charge in [-0.3, -0.25) is 0 Å². The number of benzene rings is 1. The van der Waals surface area contributed by atoms with Crippen LogP contribution in [0.15, 0.2) is 47.2 Å². The van der Waals surface area contributed by atoms with Gasteiger partial charge in [-0.2, -0.15) is 11.3 Å². The van der Waals surface area contributed by atoms with Crippen molar-refractivity contribution in [3.8, 4) is 0 Å². The van der Waals surface area contributed by atoms with Gasteiger partial charge in [0.05, 0.1) is 0 Å². The second kappa shape index (κ2) is 5.49. The highest BCUT2D eigenvalue weighted by molar-refractivity contribution is 7.07. The van der Waals surface area contributed by atoms with Crippen molar-refractivity contribution in [2.24, 2.45) is 0 Å². The lowest BCUT2D eigenvalue weighted by Crippen LogP contribution is -1.64. The van der Waals surface area contributed by atoms with Gasteiger partial charge in [-0.1, -0.05) is 24.3 Å². The Morgan fingerprint density at radius 2 is 1.92 bits per heavy atom. The zero-order chi connectivity index (χ0) is 8.65. The number of halogens is 1. The van der Waals surface area contributed by atoms with Crippen LogP contribution in [0.25, 0.3) is 0 Å². The molecule has 1 aromatic heterocycles. The van der Waals surface area contributed by atoms with Gasteiger partial charge in [-0.15, -0.1) is 0 Å². The molecule has 0 N–H and O–H groups in total. The summed E-state index contributed by atoms with van der Waals surface area (Å²) in [4.78, 5) is 0. The van der Waals surface area contributed by atoms with Crippen molar-refractivity contribution in [2.45, 2.75) is 0 Å². The van der Waals surface area contributed by atoms with E-state index in [1.807, 2.05) is 22.9 Å². The molecule has 0 saturated carbocycles. The molecule has 0 atom stereocenters. The number of hydrogen-bond acceptors (Lipinski definition) is 1. The topological polar surface area (TPSA) is 0 Å². The van der Waals surface area contributed by atoms with Crippen molar-refractivity contribution < 1.29 is 4.39 Å². The summed E-state index contributed by atoms with van der Waals surface area (Å²) in [7, 11) is 0. The van der Waals surface area contributed by atoms with Crippen molar-refractivity contribution in [1.82, 2.24) is 0 Å². The lowest BCUT2D eigenvalue weighted by atomic mass is 10.4. The summed E-state index contributed by atoms with van der Waals surface area (Å²) < 4.78 is 11.9. The molecule has 0 aliphatic heterocycles. The fourth-order valence-electron chi connectivity index (χ4n) is 0.598. The highest BCUT2D eigenvalue weighted by Crippen LogP contribution is 1.91. The van der Waals surface area contributed by atoms with Crippen LogP contribution in [0.1, 0.15) is 0 Å². The third-order valence-electron chi connectivity index (χ3n) is 1.09. The zero-order valence-electron chi connectivity index (χ0n) is 6.41. The Kier molecular flexibility index (Phi) is 4.09. The Labute approximate surface area is 75.3 Å². The van der Waals surface area contributed by atoms with E-state index in [9.17, 15) is 4.39 Å². The maximum atomic E-state index is 11.9. The first-order valence-corrected chi connectivity index (χ1v) is 4.42. The third kappa shape index (κ3) is 3.88. The van der Waals surface area contributed by atoms with E-state index < -0.39 is 0 Å². The van der Waals surface area contributed by atoms with Crippen LogP contribution >= 0.6 is 11.3 Å². The summed E-state index contributed by atoms with van der Waals surface area (Å²) in [5.74, 6) is -0.234. The molecule has 0 unspecified atom stereocenters. The van der Waals surface area contributed by atoms with Crippen LogP contribution in [0.3, 0.4) is 0 Å². The second-order valence-electron chi connectivity index (χ2n) is 2.01. The van der Waals surface area contributed by atoms with Crippen molar-refractivity contribution in [1.29, 1.82) is 0 Å². The summed E-state index contributed by atoms with van der Waals surface area (Å²) in [6, 6.07) is 12.6. The van der Waals surface area contributed by atoms with Crippen LogP contribution in [0, 0.1) is 11.9 Å². The predicted molar refractivity (Wildman–Crippen MR) is 49.6 cm³/mol. The Bertz CT molecular complexity index is 259. The van der Waals surface area contributed by atoms with E-state index in [-0.39, 0.29) is 5.82 Å². The summed E-state index contributed by atoms with van der Waals surface area (Å²) >= 11 is 1.71. The molecule has 0 fully saturated rings. The molecule has 61 valence electrons. The maximum absolute atomic E-state index is 11.9. The largest absolute Gasteiger partial charge is 0.207 e. The molecule has 0 nitrogen and oxygen atoms in total. The molecule has 0 bridgehead atoms. The highest BCUT2D eigenvalue weighted by Gasteiger charge is 1.77. The molecule has 0 amide bonds. The molecule has 2 heteroatoms. The first-order chi connectivity index (χ1) is 5.89. The van der Waals surface area contributed by atoms with Gasteiger partial charge in [0.25, 0.3) is 0 Å². The van der Waals surface area contributed by atoms with Crippen LogP contribution in [-0.4, -0.2) is 0 Å². The number of thiophene rings is 1. The Hall–Kier alpha value is -1.15. The normalized spacial score (nSPS) is 8.42. The molecule has 1 heterocycles. The van der Waals surface area contributed by atoms with Gasteiger partial charge >= 0.3 is 0 Å². The van der Waals surface area contributed by atoms with Crippen molar-refractivity contribution in [3.05, 3.63) is 59.0 Å². The molecule has 12 heavy (non-hydrogen) atoms. The van der Waals surface area contributed by atoms with Crippen LogP contribution < -0.4 is 0 Å². The molecule has 2 rings (SSSR count). The van der Waals surface area contributed by atoms with E-state index >= 15 is 0 Å². The van der Waals surface area contributed by atoms with Crippen molar-refractivity contribution in [2.75, 3.05) is 0 Å². The average molecular weight is 179 g/mol. The Morgan fingerprint density at radius 3 is 2.17 bits per heavy atom. The van der Waals surface area contributed by atoms with Crippen LogP contribution in [0.4, 0.5) is 4.39 Å². The minimum absolute atomic E-state index is 0.234. The summed E-state index contributed by atoms with van der Waals surface area (Å²) in [5, 5.41) is 4.08. The fraction of sp³-hybridized carbons (Fsp3) is 0. The van der Waals surface area contributed by atoms with E-state index in [1.165, 1.54) is 12.1 Å². The lowest BCUT2D eigenvalue weighted by Gasteiger charge is -1.77. The van der Waals surface area contributed by atoms with E-state index in [1.54, 1.807) is 23.5 Å². The molecular formula is C10H8FS. The molecule has 1 aromatic carbocycles. The van der Waals surface area contributed by atoms with Gasteiger partial charge in [-0.25, -0.2) is 4.39 Å². The summed E-state index contributed by atoms with van der Waals surface area (Å²) in [6.07, 6.45) is 0. The quantitative estimate of drug-likeness (QED) is 0.581. The number of rotatable bonds is 0. The van der Waals surface area contributed by atoms with Crippen molar-refractivity contribution in [3.63, 3.8) is 0 Å². The van der Waals surface area contributed by atoms with Gasteiger partial charge in [0.1, 0.15) is 5.82 Å². The molecule has 0 aliphatic carbocycles. The second-order valence-corrected chi connectivity index (χ2v) is 2.83. The highest BCUT2D eigenvalue weighted by atomic mass is 32.1. The first kappa shape index (κ1) is 8.94. The van der Waals surface area contributed by atoms with Gasteiger partial charge < -0.3 is 0 Å². The monoisotopic (exact) mass is 179 g/mol. The van der Waals surface area contributed by atoms with Crippen molar-refractivity contribution >= 4 is 11.3 Å². The van der Waals surface area contributed by atoms with Crippen LogP contribution in [0.5, 0.6) is 0 Å². The van der Waals surface area contributed by atoms with Gasteiger partial charge in [-0.05, 0) is 29.0 Å².